The molecule has 0 fully saturated rings. The second-order valence-electron chi connectivity index (χ2n) is 7.42. The van der Waals surface area contributed by atoms with Gasteiger partial charge in [-0.1, -0.05) is 17.7 Å². The van der Waals surface area contributed by atoms with E-state index in [-0.39, 0.29) is 0 Å². The number of fused-ring (bicyclic) bond motifs is 1. The van der Waals surface area contributed by atoms with Crippen LogP contribution in [0.1, 0.15) is 5.56 Å². The van der Waals surface area contributed by atoms with Crippen LogP contribution in [0.5, 0.6) is 11.5 Å². The van der Waals surface area contributed by atoms with Crippen LogP contribution in [0.4, 0.5) is 5.82 Å². The van der Waals surface area contributed by atoms with Crippen molar-refractivity contribution in [2.24, 2.45) is 5.10 Å². The molecule has 2 aromatic heterocycles. The van der Waals surface area contributed by atoms with Crippen LogP contribution >= 0.6 is 11.6 Å². The normalized spacial score (nSPS) is 11.4. The zero-order valence-corrected chi connectivity index (χ0v) is 19.3. The first-order valence-corrected chi connectivity index (χ1v) is 10.6. The summed E-state index contributed by atoms with van der Waals surface area (Å²) in [5, 5.41) is 10.0. The summed E-state index contributed by atoms with van der Waals surface area (Å²) in [7, 11) is 5.62. The number of hydrogen-bond donors (Lipinski definition) is 1. The summed E-state index contributed by atoms with van der Waals surface area (Å²) < 4.78 is 12.7. The van der Waals surface area contributed by atoms with Crippen molar-refractivity contribution >= 4 is 34.7 Å². The number of likely N-dealkylation sites (N-methyl/N-ethyl adjacent to an activating group) is 1. The lowest BCUT2D eigenvalue weighted by Gasteiger charge is -2.11. The largest absolute Gasteiger partial charge is 0.497 e. The van der Waals surface area contributed by atoms with E-state index in [2.05, 4.69) is 30.5 Å². The van der Waals surface area contributed by atoms with Crippen molar-refractivity contribution in [1.29, 1.82) is 0 Å². The van der Waals surface area contributed by atoms with Crippen molar-refractivity contribution < 1.29 is 9.47 Å². The van der Waals surface area contributed by atoms with E-state index in [0.29, 0.717) is 23.1 Å². The molecule has 170 valence electrons. The first kappa shape index (κ1) is 22.5. The Morgan fingerprint density at radius 3 is 2.82 bits per heavy atom. The number of nitrogens with one attached hydrogen (secondary N) is 1. The fraction of sp³-hybridized carbons (Fsp3) is 0.217. The third kappa shape index (κ3) is 5.39. The summed E-state index contributed by atoms with van der Waals surface area (Å²) in [6, 6.07) is 13.1. The Labute approximate surface area is 196 Å². The van der Waals surface area contributed by atoms with Crippen LogP contribution in [0.2, 0.25) is 5.02 Å². The lowest BCUT2D eigenvalue weighted by molar-refractivity contribution is 0.261. The fourth-order valence-corrected chi connectivity index (χ4v) is 3.30. The Morgan fingerprint density at radius 2 is 2.03 bits per heavy atom. The van der Waals surface area contributed by atoms with Crippen LogP contribution < -0.4 is 14.9 Å². The summed E-state index contributed by atoms with van der Waals surface area (Å²) in [4.78, 5) is 10.7. The Morgan fingerprint density at radius 1 is 1.15 bits per heavy atom. The molecule has 0 bridgehead atoms. The van der Waals surface area contributed by atoms with Gasteiger partial charge in [0.15, 0.2) is 11.5 Å². The van der Waals surface area contributed by atoms with Gasteiger partial charge in [0, 0.05) is 18.2 Å². The first-order chi connectivity index (χ1) is 16.0. The summed E-state index contributed by atoms with van der Waals surface area (Å²) in [5.74, 6) is 1.98. The van der Waals surface area contributed by atoms with E-state index in [1.807, 2.05) is 50.5 Å². The molecule has 0 aliphatic carbocycles. The van der Waals surface area contributed by atoms with Crippen molar-refractivity contribution in [1.82, 2.24) is 24.6 Å². The number of halogens is 1. The van der Waals surface area contributed by atoms with Crippen molar-refractivity contribution in [3.8, 4) is 17.2 Å². The summed E-state index contributed by atoms with van der Waals surface area (Å²) in [6.07, 6.45) is 4.79. The molecule has 9 nitrogen and oxygen atoms in total. The molecule has 0 atom stereocenters. The van der Waals surface area contributed by atoms with E-state index in [4.69, 9.17) is 21.1 Å². The Hall–Kier alpha value is -3.69. The van der Waals surface area contributed by atoms with Crippen molar-refractivity contribution in [2.45, 2.75) is 0 Å². The number of nitrogens with zero attached hydrogens (tertiary/aromatic N) is 6. The van der Waals surface area contributed by atoms with Gasteiger partial charge in [0.1, 0.15) is 24.4 Å². The number of hydrazone groups is 1. The minimum atomic E-state index is 0.533. The van der Waals surface area contributed by atoms with Gasteiger partial charge in [-0.2, -0.15) is 10.2 Å². The van der Waals surface area contributed by atoms with E-state index < -0.39 is 0 Å². The number of ether oxygens (including phenoxy) is 2. The van der Waals surface area contributed by atoms with Gasteiger partial charge in [-0.15, -0.1) is 0 Å². The molecular weight excluding hydrogens is 442 g/mol. The molecule has 0 amide bonds. The maximum atomic E-state index is 6.38. The van der Waals surface area contributed by atoms with Gasteiger partial charge >= 0.3 is 0 Å². The molecule has 4 aromatic rings. The number of hydrogen-bond acceptors (Lipinski definition) is 8. The average molecular weight is 466 g/mol. The smallest absolute Gasteiger partial charge is 0.168 e. The molecule has 0 radical (unpaired) electrons. The van der Waals surface area contributed by atoms with Crippen LogP contribution in [0.3, 0.4) is 0 Å². The number of aromatic nitrogens is 4. The summed E-state index contributed by atoms with van der Waals surface area (Å²) in [5.41, 5.74) is 5.19. The zero-order valence-electron chi connectivity index (χ0n) is 18.6. The quantitative estimate of drug-likeness (QED) is 0.296. The van der Waals surface area contributed by atoms with Gasteiger partial charge in [0.2, 0.25) is 0 Å². The average Bonchev–Trinajstić information content (AvgIpc) is 3.25. The predicted octanol–water partition coefficient (Wildman–Crippen LogP) is 3.86. The third-order valence-corrected chi connectivity index (χ3v) is 5.14. The van der Waals surface area contributed by atoms with Crippen LogP contribution in [0.25, 0.3) is 16.7 Å². The van der Waals surface area contributed by atoms with Gasteiger partial charge in [-0.25, -0.2) is 14.6 Å². The number of rotatable bonds is 9. The molecule has 0 aliphatic rings. The van der Waals surface area contributed by atoms with Crippen molar-refractivity contribution in [3.05, 3.63) is 65.6 Å². The highest BCUT2D eigenvalue weighted by Crippen LogP contribution is 2.24. The van der Waals surface area contributed by atoms with E-state index in [0.717, 1.165) is 34.7 Å². The van der Waals surface area contributed by atoms with Gasteiger partial charge in [-0.3, -0.25) is 5.43 Å². The lowest BCUT2D eigenvalue weighted by Crippen LogP contribution is -2.19. The lowest BCUT2D eigenvalue weighted by atomic mass is 10.2. The number of methoxy groups -OCH3 is 1. The maximum absolute atomic E-state index is 6.38. The van der Waals surface area contributed by atoms with Gasteiger partial charge in [0.05, 0.1) is 35.6 Å². The minimum absolute atomic E-state index is 0.533. The fourth-order valence-electron chi connectivity index (χ4n) is 3.08. The zero-order chi connectivity index (χ0) is 23.2. The van der Waals surface area contributed by atoms with Crippen molar-refractivity contribution in [2.75, 3.05) is 39.8 Å². The Kier molecular flexibility index (Phi) is 7.01. The monoisotopic (exact) mass is 465 g/mol. The highest BCUT2D eigenvalue weighted by Gasteiger charge is 2.11. The van der Waals surface area contributed by atoms with Crippen LogP contribution in [-0.2, 0) is 0 Å². The molecule has 1 N–H and O–H groups in total. The molecule has 10 heteroatoms. The molecule has 2 heterocycles. The highest BCUT2D eigenvalue weighted by atomic mass is 35.5. The molecule has 0 saturated heterocycles. The van der Waals surface area contributed by atoms with Crippen LogP contribution in [-0.4, -0.2) is 65.2 Å². The molecule has 0 unspecified atom stereocenters. The van der Waals surface area contributed by atoms with Gasteiger partial charge < -0.3 is 14.4 Å². The van der Waals surface area contributed by atoms with E-state index in [1.54, 1.807) is 30.3 Å². The Balaban J connectivity index is 1.49. The minimum Gasteiger partial charge on any atom is -0.497 e. The van der Waals surface area contributed by atoms with E-state index >= 15 is 0 Å². The Bertz CT molecular complexity index is 1270. The standard InChI is InChI=1S/C23H24ClN7O2/c1-30(2)9-10-33-19-8-7-16(21(24)12-19)13-27-29-22-20-14-28-31(23(20)26-15-25-22)17-5-4-6-18(11-17)32-3/h4-8,11-15H,9-10H2,1-3H3,(H,25,26,29)/b27-13+. The molecular formula is C23H24ClN7O2. The summed E-state index contributed by atoms with van der Waals surface area (Å²) in [6.45, 7) is 1.41. The summed E-state index contributed by atoms with van der Waals surface area (Å²) >= 11 is 6.38. The highest BCUT2D eigenvalue weighted by molar-refractivity contribution is 6.33. The van der Waals surface area contributed by atoms with Gasteiger partial charge in [-0.05, 0) is 44.4 Å². The molecule has 2 aromatic carbocycles. The molecule has 4 rings (SSSR count). The molecule has 0 saturated carbocycles. The second-order valence-corrected chi connectivity index (χ2v) is 7.83. The molecule has 33 heavy (non-hydrogen) atoms. The first-order valence-electron chi connectivity index (χ1n) is 10.2. The maximum Gasteiger partial charge on any atom is 0.168 e. The SMILES string of the molecule is COc1cccc(-n2ncc3c(N/N=C/c4ccc(OCCN(C)C)cc4Cl)ncnc32)c1. The third-order valence-electron chi connectivity index (χ3n) is 4.82. The number of benzene rings is 2. The van der Waals surface area contributed by atoms with Gasteiger partial charge in [0.25, 0.3) is 0 Å². The molecule has 0 spiro atoms. The second kappa shape index (κ2) is 10.3. The number of anilines is 1. The van der Waals surface area contributed by atoms with E-state index in [1.165, 1.54) is 6.33 Å². The van der Waals surface area contributed by atoms with E-state index in [9.17, 15) is 0 Å². The van der Waals surface area contributed by atoms with Crippen molar-refractivity contribution in [3.63, 3.8) is 0 Å². The predicted molar refractivity (Wildman–Crippen MR) is 130 cm³/mol. The topological polar surface area (TPSA) is 89.7 Å². The van der Waals surface area contributed by atoms with Crippen LogP contribution in [0.15, 0.2) is 60.1 Å². The molecule has 0 aliphatic heterocycles. The van der Waals surface area contributed by atoms with Crippen LogP contribution in [0, 0.1) is 0 Å².